The number of nitrogens with one attached hydrogen (secondary N) is 1. The predicted octanol–water partition coefficient (Wildman–Crippen LogP) is 2.85. The lowest BCUT2D eigenvalue weighted by Gasteiger charge is -2.29. The number of esters is 1. The van der Waals surface area contributed by atoms with E-state index < -0.39 is 18.2 Å². The van der Waals surface area contributed by atoms with Crippen LogP contribution in [0.1, 0.15) is 67.1 Å². The highest BCUT2D eigenvalue weighted by Gasteiger charge is 2.46. The molecule has 1 saturated heterocycles. The number of ether oxygens (including phenoxy) is 1. The zero-order valence-corrected chi connectivity index (χ0v) is 15.3. The number of allylic oxidation sites excluding steroid dienone is 1. The van der Waals surface area contributed by atoms with Crippen molar-refractivity contribution in [3.8, 4) is 0 Å². The summed E-state index contributed by atoms with van der Waals surface area (Å²) in [5, 5.41) is 2.97. The summed E-state index contributed by atoms with van der Waals surface area (Å²) in [5.74, 6) is -0.768. The molecule has 2 atom stereocenters. The number of hydrogen-bond donors (Lipinski definition) is 1. The Morgan fingerprint density at radius 1 is 1.19 bits per heavy atom. The normalized spacial score (nSPS) is 24.4. The van der Waals surface area contributed by atoms with Gasteiger partial charge in [-0.05, 0) is 44.6 Å². The standard InChI is InChI=1S/C21H24N2O4/c24-18-11-10-17(19(25)22-13-12-14-6-2-1-3-7-14)23(18)20-15-8-4-5-9-16(15)21(26)27-20/h4-6,8-9,17,20H,1-3,7,10-13H2,(H,22,25)/t17-,20-/m1/s1. The molecule has 1 N–H and O–H groups in total. The molecule has 0 aromatic heterocycles. The molecule has 0 spiro atoms. The lowest BCUT2D eigenvalue weighted by atomic mass is 9.97. The highest BCUT2D eigenvalue weighted by atomic mass is 16.6. The number of amides is 2. The van der Waals surface area contributed by atoms with Gasteiger partial charge in [-0.3, -0.25) is 14.5 Å². The SMILES string of the molecule is O=C1O[C@@H](N2C(=O)CC[C@@H]2C(=O)NCCC2=CCCCC2)c2ccccc21. The summed E-state index contributed by atoms with van der Waals surface area (Å²) in [6, 6.07) is 6.44. The van der Waals surface area contributed by atoms with E-state index in [1.54, 1.807) is 24.3 Å². The van der Waals surface area contributed by atoms with Gasteiger partial charge in [0.05, 0.1) is 5.56 Å². The second kappa shape index (κ2) is 7.55. The van der Waals surface area contributed by atoms with E-state index in [4.69, 9.17) is 4.74 Å². The second-order valence-corrected chi connectivity index (χ2v) is 7.35. The topological polar surface area (TPSA) is 75.7 Å². The Labute approximate surface area is 158 Å². The van der Waals surface area contributed by atoms with Crippen molar-refractivity contribution in [1.29, 1.82) is 0 Å². The molecule has 1 aliphatic carbocycles. The average molecular weight is 368 g/mol. The summed E-state index contributed by atoms with van der Waals surface area (Å²) in [7, 11) is 0. The highest BCUT2D eigenvalue weighted by molar-refractivity contribution is 5.96. The second-order valence-electron chi connectivity index (χ2n) is 7.35. The minimum Gasteiger partial charge on any atom is -0.433 e. The van der Waals surface area contributed by atoms with Crippen molar-refractivity contribution in [2.45, 2.75) is 57.2 Å². The van der Waals surface area contributed by atoms with E-state index in [2.05, 4.69) is 11.4 Å². The van der Waals surface area contributed by atoms with Crippen LogP contribution >= 0.6 is 0 Å². The van der Waals surface area contributed by atoms with Gasteiger partial charge in [-0.1, -0.05) is 29.8 Å². The molecule has 6 heteroatoms. The van der Waals surface area contributed by atoms with Crippen molar-refractivity contribution in [2.24, 2.45) is 0 Å². The van der Waals surface area contributed by atoms with Gasteiger partial charge in [0.1, 0.15) is 6.04 Å². The van der Waals surface area contributed by atoms with E-state index in [0.29, 0.717) is 30.5 Å². The smallest absolute Gasteiger partial charge is 0.340 e. The van der Waals surface area contributed by atoms with Gasteiger partial charge in [-0.15, -0.1) is 0 Å². The molecule has 3 aliphatic rings. The highest BCUT2D eigenvalue weighted by Crippen LogP contribution is 2.38. The Morgan fingerprint density at radius 2 is 2.04 bits per heavy atom. The molecule has 0 bridgehead atoms. The molecule has 0 radical (unpaired) electrons. The molecule has 2 amide bonds. The summed E-state index contributed by atoms with van der Waals surface area (Å²) in [5.41, 5.74) is 2.52. The van der Waals surface area contributed by atoms with Crippen LogP contribution in [0, 0.1) is 0 Å². The van der Waals surface area contributed by atoms with Crippen molar-refractivity contribution in [3.63, 3.8) is 0 Å². The fourth-order valence-corrected chi connectivity index (χ4v) is 4.18. The van der Waals surface area contributed by atoms with Crippen LogP contribution in [0.3, 0.4) is 0 Å². The number of carbonyl (C=O) groups is 3. The zero-order valence-electron chi connectivity index (χ0n) is 15.3. The maximum atomic E-state index is 12.7. The number of likely N-dealkylation sites (tertiary alicyclic amines) is 1. The van der Waals surface area contributed by atoms with Crippen LogP contribution in [0.2, 0.25) is 0 Å². The maximum absolute atomic E-state index is 12.7. The van der Waals surface area contributed by atoms with Crippen molar-refractivity contribution in [2.75, 3.05) is 6.54 Å². The molecule has 142 valence electrons. The fourth-order valence-electron chi connectivity index (χ4n) is 4.18. The third kappa shape index (κ3) is 3.48. The lowest BCUT2D eigenvalue weighted by molar-refractivity contribution is -0.145. The molecule has 27 heavy (non-hydrogen) atoms. The Morgan fingerprint density at radius 3 is 2.85 bits per heavy atom. The van der Waals surface area contributed by atoms with Crippen LogP contribution in [-0.4, -0.2) is 35.3 Å². The lowest BCUT2D eigenvalue weighted by Crippen LogP contribution is -2.46. The minimum atomic E-state index is -0.805. The van der Waals surface area contributed by atoms with Gasteiger partial charge in [0, 0.05) is 18.5 Å². The molecule has 2 heterocycles. The number of carbonyl (C=O) groups excluding carboxylic acids is 3. The number of benzene rings is 1. The number of hydrogen-bond acceptors (Lipinski definition) is 4. The third-order valence-electron chi connectivity index (χ3n) is 5.61. The fraction of sp³-hybridized carbons (Fsp3) is 0.476. The molecule has 0 unspecified atom stereocenters. The number of fused-ring (bicyclic) bond motifs is 1. The maximum Gasteiger partial charge on any atom is 0.340 e. The van der Waals surface area contributed by atoms with E-state index in [1.165, 1.54) is 23.3 Å². The summed E-state index contributed by atoms with van der Waals surface area (Å²) < 4.78 is 5.44. The number of nitrogens with zero attached hydrogens (tertiary/aromatic N) is 1. The molecule has 6 nitrogen and oxygen atoms in total. The number of rotatable bonds is 5. The van der Waals surface area contributed by atoms with Crippen molar-refractivity contribution in [3.05, 3.63) is 47.0 Å². The Bertz CT molecular complexity index is 801. The van der Waals surface area contributed by atoms with Crippen molar-refractivity contribution < 1.29 is 19.1 Å². The van der Waals surface area contributed by atoms with Gasteiger partial charge in [0.2, 0.25) is 18.0 Å². The van der Waals surface area contributed by atoms with E-state index in [-0.39, 0.29) is 11.8 Å². The first kappa shape index (κ1) is 17.8. The predicted molar refractivity (Wildman–Crippen MR) is 98.6 cm³/mol. The van der Waals surface area contributed by atoms with E-state index >= 15 is 0 Å². The van der Waals surface area contributed by atoms with E-state index in [0.717, 1.165) is 19.3 Å². The van der Waals surface area contributed by atoms with Crippen LogP contribution in [-0.2, 0) is 14.3 Å². The number of cyclic esters (lactones) is 1. The molecule has 1 aromatic carbocycles. The summed E-state index contributed by atoms with van der Waals surface area (Å²) >= 11 is 0. The molecular formula is C21H24N2O4. The monoisotopic (exact) mass is 368 g/mol. The Hall–Kier alpha value is -2.63. The summed E-state index contributed by atoms with van der Waals surface area (Å²) in [4.78, 5) is 38.7. The largest absolute Gasteiger partial charge is 0.433 e. The van der Waals surface area contributed by atoms with Crippen LogP contribution in [0.5, 0.6) is 0 Å². The zero-order chi connectivity index (χ0) is 18.8. The van der Waals surface area contributed by atoms with Crippen molar-refractivity contribution >= 4 is 17.8 Å². The average Bonchev–Trinajstić information content (AvgIpc) is 3.23. The molecule has 1 fully saturated rings. The van der Waals surface area contributed by atoms with Crippen LogP contribution in [0.4, 0.5) is 0 Å². The quantitative estimate of drug-likeness (QED) is 0.640. The van der Waals surface area contributed by atoms with Gasteiger partial charge < -0.3 is 10.1 Å². The van der Waals surface area contributed by atoms with Crippen LogP contribution in [0.15, 0.2) is 35.9 Å². The summed E-state index contributed by atoms with van der Waals surface area (Å²) in [6.45, 7) is 0.574. The third-order valence-corrected chi connectivity index (χ3v) is 5.61. The first-order valence-corrected chi connectivity index (χ1v) is 9.72. The van der Waals surface area contributed by atoms with Crippen molar-refractivity contribution in [1.82, 2.24) is 10.2 Å². The van der Waals surface area contributed by atoms with Crippen LogP contribution < -0.4 is 5.32 Å². The van der Waals surface area contributed by atoms with Gasteiger partial charge in [-0.25, -0.2) is 4.79 Å². The van der Waals surface area contributed by atoms with Gasteiger partial charge in [0.15, 0.2) is 0 Å². The molecule has 1 aromatic rings. The van der Waals surface area contributed by atoms with Gasteiger partial charge >= 0.3 is 5.97 Å². The summed E-state index contributed by atoms with van der Waals surface area (Å²) in [6.07, 6.45) is 7.76. The van der Waals surface area contributed by atoms with Gasteiger partial charge in [-0.2, -0.15) is 0 Å². The first-order chi connectivity index (χ1) is 13.1. The molecular weight excluding hydrogens is 344 g/mol. The molecule has 0 saturated carbocycles. The molecule has 2 aliphatic heterocycles. The van der Waals surface area contributed by atoms with E-state index in [9.17, 15) is 14.4 Å². The first-order valence-electron chi connectivity index (χ1n) is 9.72. The van der Waals surface area contributed by atoms with E-state index in [1.807, 2.05) is 0 Å². The Kier molecular flexibility index (Phi) is 4.97. The molecule has 4 rings (SSSR count). The minimum absolute atomic E-state index is 0.153. The van der Waals surface area contributed by atoms with Crippen LogP contribution in [0.25, 0.3) is 0 Å². The van der Waals surface area contributed by atoms with Gasteiger partial charge in [0.25, 0.3) is 0 Å². The Balaban J connectivity index is 1.43.